The monoisotopic (exact) mass is 523 g/mol. The minimum Gasteiger partial charge on any atom is -0.367 e. The van der Waals surface area contributed by atoms with Crippen molar-refractivity contribution in [1.82, 2.24) is 25.1 Å². The van der Waals surface area contributed by atoms with Crippen LogP contribution in [-0.2, 0) is 0 Å². The Hall–Kier alpha value is -2.71. The number of nitrogens with one attached hydrogen (secondary N) is 1. The molecule has 4 heterocycles. The van der Waals surface area contributed by atoms with Gasteiger partial charge in [-0.3, -0.25) is 14.7 Å². The number of amides is 1. The van der Waals surface area contributed by atoms with Crippen molar-refractivity contribution in [2.45, 2.75) is 64.6 Å². The number of rotatable bonds is 6. The molecule has 1 N–H and O–H groups in total. The first-order valence-electron chi connectivity index (χ1n) is 13.6. The van der Waals surface area contributed by atoms with Gasteiger partial charge in [-0.2, -0.15) is 0 Å². The zero-order valence-corrected chi connectivity index (χ0v) is 22.9. The molecule has 198 valence electrons. The third-order valence-corrected chi connectivity index (χ3v) is 8.18. The second-order valence-corrected chi connectivity index (χ2v) is 10.9. The second kappa shape index (κ2) is 11.4. The van der Waals surface area contributed by atoms with Crippen molar-refractivity contribution in [3.63, 3.8) is 0 Å². The van der Waals surface area contributed by atoms with Gasteiger partial charge in [0.25, 0.3) is 5.91 Å². The highest BCUT2D eigenvalue weighted by Crippen LogP contribution is 2.30. The SMILES string of the molecule is CCC[C@H]1CN(c2ncc(C3=NCCN3)nc2C)[C@H](C)CN1C1CCN(C(=O)c2ccc(Cl)cc2)CC1. The minimum absolute atomic E-state index is 0.106. The lowest BCUT2D eigenvalue weighted by Gasteiger charge is -2.50. The molecule has 9 heteroatoms. The first kappa shape index (κ1) is 25.9. The van der Waals surface area contributed by atoms with Gasteiger partial charge in [0.2, 0.25) is 0 Å². The summed E-state index contributed by atoms with van der Waals surface area (Å²) < 4.78 is 0. The van der Waals surface area contributed by atoms with Crippen LogP contribution in [0.2, 0.25) is 5.02 Å². The lowest BCUT2D eigenvalue weighted by Crippen LogP contribution is -2.62. The van der Waals surface area contributed by atoms with Crippen LogP contribution >= 0.6 is 11.6 Å². The molecule has 0 unspecified atom stereocenters. The lowest BCUT2D eigenvalue weighted by atomic mass is 9.95. The molecule has 0 bridgehead atoms. The molecule has 2 atom stereocenters. The van der Waals surface area contributed by atoms with E-state index in [4.69, 9.17) is 21.6 Å². The van der Waals surface area contributed by atoms with Crippen molar-refractivity contribution in [2.75, 3.05) is 44.2 Å². The van der Waals surface area contributed by atoms with Crippen molar-refractivity contribution < 1.29 is 4.79 Å². The summed E-state index contributed by atoms with van der Waals surface area (Å²) in [6, 6.07) is 8.52. The fourth-order valence-corrected chi connectivity index (χ4v) is 6.14. The van der Waals surface area contributed by atoms with Crippen molar-refractivity contribution in [3.8, 4) is 0 Å². The summed E-state index contributed by atoms with van der Waals surface area (Å²) in [7, 11) is 0. The Morgan fingerprint density at radius 2 is 1.92 bits per heavy atom. The van der Waals surface area contributed by atoms with Gasteiger partial charge in [-0.1, -0.05) is 24.9 Å². The van der Waals surface area contributed by atoms with E-state index < -0.39 is 0 Å². The second-order valence-electron chi connectivity index (χ2n) is 10.5. The van der Waals surface area contributed by atoms with Gasteiger partial charge in [0.1, 0.15) is 17.3 Å². The van der Waals surface area contributed by atoms with E-state index in [9.17, 15) is 4.79 Å². The molecular weight excluding hydrogens is 486 g/mol. The molecule has 1 aromatic heterocycles. The van der Waals surface area contributed by atoms with Crippen LogP contribution in [-0.4, -0.2) is 88.9 Å². The number of aliphatic imine (C=N–C) groups is 1. The Labute approximate surface area is 225 Å². The van der Waals surface area contributed by atoms with E-state index in [1.54, 1.807) is 12.1 Å². The maximum absolute atomic E-state index is 13.0. The summed E-state index contributed by atoms with van der Waals surface area (Å²) in [5.74, 6) is 1.94. The number of anilines is 1. The van der Waals surface area contributed by atoms with Crippen molar-refractivity contribution >= 4 is 29.2 Å². The Morgan fingerprint density at radius 1 is 1.16 bits per heavy atom. The standard InChI is InChI=1S/C28H38ClN7O/c1-4-5-24-18-35(27-20(3)33-25(16-32-27)26-30-12-13-31-26)19(2)17-36(24)23-10-14-34(15-11-23)28(37)21-6-8-22(29)9-7-21/h6-9,16,19,23-24H,4-5,10-15,17-18H2,1-3H3,(H,30,31)/t19-,24+/m1/s1. The average molecular weight is 524 g/mol. The molecule has 2 aromatic rings. The largest absolute Gasteiger partial charge is 0.367 e. The van der Waals surface area contributed by atoms with Crippen LogP contribution in [0.1, 0.15) is 61.3 Å². The molecule has 1 aromatic carbocycles. The van der Waals surface area contributed by atoms with Crippen LogP contribution in [0.3, 0.4) is 0 Å². The van der Waals surface area contributed by atoms with Gasteiger partial charge in [0, 0.05) is 61.4 Å². The fourth-order valence-electron chi connectivity index (χ4n) is 6.01. The summed E-state index contributed by atoms with van der Waals surface area (Å²) in [6.07, 6.45) is 6.18. The Balaban J connectivity index is 1.25. The first-order chi connectivity index (χ1) is 17.9. The molecular formula is C28H38ClN7O. The van der Waals surface area contributed by atoms with Gasteiger partial charge in [-0.05, 0) is 57.4 Å². The number of hydrogen-bond donors (Lipinski definition) is 1. The maximum atomic E-state index is 13.0. The van der Waals surface area contributed by atoms with Crippen molar-refractivity contribution in [3.05, 3.63) is 52.4 Å². The van der Waals surface area contributed by atoms with Crippen LogP contribution < -0.4 is 10.2 Å². The molecule has 0 radical (unpaired) electrons. The smallest absolute Gasteiger partial charge is 0.253 e. The number of carbonyl (C=O) groups excluding carboxylic acids is 1. The third kappa shape index (κ3) is 5.60. The highest BCUT2D eigenvalue weighted by atomic mass is 35.5. The van der Waals surface area contributed by atoms with E-state index in [0.29, 0.717) is 28.7 Å². The van der Waals surface area contributed by atoms with Crippen LogP contribution in [0.25, 0.3) is 0 Å². The topological polar surface area (TPSA) is 77.0 Å². The van der Waals surface area contributed by atoms with E-state index in [0.717, 1.165) is 88.0 Å². The van der Waals surface area contributed by atoms with Gasteiger partial charge in [-0.25, -0.2) is 9.97 Å². The number of nitrogens with zero attached hydrogens (tertiary/aromatic N) is 6. The number of aromatic nitrogens is 2. The molecule has 37 heavy (non-hydrogen) atoms. The average Bonchev–Trinajstić information content (AvgIpc) is 3.45. The molecule has 5 rings (SSSR count). The quantitative estimate of drug-likeness (QED) is 0.621. The number of aryl methyl sites for hydroxylation is 1. The van der Waals surface area contributed by atoms with Gasteiger partial charge >= 0.3 is 0 Å². The first-order valence-corrected chi connectivity index (χ1v) is 14.0. The number of halogens is 1. The summed E-state index contributed by atoms with van der Waals surface area (Å²) in [5, 5.41) is 3.95. The molecule has 0 aliphatic carbocycles. The summed E-state index contributed by atoms with van der Waals surface area (Å²) in [6.45, 7) is 11.8. The van der Waals surface area contributed by atoms with Crippen LogP contribution in [0.4, 0.5) is 5.82 Å². The number of hydrogen-bond acceptors (Lipinski definition) is 7. The molecule has 0 spiro atoms. The van der Waals surface area contributed by atoms with Crippen LogP contribution in [0.15, 0.2) is 35.5 Å². The van der Waals surface area contributed by atoms with E-state index in [1.165, 1.54) is 0 Å². The Kier molecular flexibility index (Phi) is 7.95. The predicted molar refractivity (Wildman–Crippen MR) is 149 cm³/mol. The molecule has 3 aliphatic heterocycles. The summed E-state index contributed by atoms with van der Waals surface area (Å²) in [4.78, 5) is 34.4. The number of amidine groups is 1. The number of carbonyl (C=O) groups is 1. The van der Waals surface area contributed by atoms with Gasteiger partial charge < -0.3 is 15.1 Å². The van der Waals surface area contributed by atoms with E-state index in [2.05, 4.69) is 40.9 Å². The fraction of sp³-hybridized carbons (Fsp3) is 0.571. The molecule has 2 fully saturated rings. The lowest BCUT2D eigenvalue weighted by molar-refractivity contribution is 0.0422. The number of benzene rings is 1. The minimum atomic E-state index is 0.106. The molecule has 1 amide bonds. The number of likely N-dealkylation sites (tertiary alicyclic amines) is 1. The van der Waals surface area contributed by atoms with Crippen LogP contribution in [0, 0.1) is 6.92 Å². The highest BCUT2D eigenvalue weighted by Gasteiger charge is 2.38. The Morgan fingerprint density at radius 3 is 2.57 bits per heavy atom. The van der Waals surface area contributed by atoms with E-state index >= 15 is 0 Å². The Bertz CT molecular complexity index is 1130. The van der Waals surface area contributed by atoms with E-state index in [-0.39, 0.29) is 5.91 Å². The zero-order valence-electron chi connectivity index (χ0n) is 22.2. The highest BCUT2D eigenvalue weighted by molar-refractivity contribution is 6.30. The van der Waals surface area contributed by atoms with Crippen molar-refractivity contribution in [1.29, 1.82) is 0 Å². The summed E-state index contributed by atoms with van der Waals surface area (Å²) in [5.41, 5.74) is 2.50. The molecule has 8 nitrogen and oxygen atoms in total. The normalized spacial score (nSPS) is 23.2. The van der Waals surface area contributed by atoms with Gasteiger partial charge in [0.05, 0.1) is 18.4 Å². The predicted octanol–water partition coefficient (Wildman–Crippen LogP) is 3.77. The van der Waals surface area contributed by atoms with Gasteiger partial charge in [-0.15, -0.1) is 0 Å². The van der Waals surface area contributed by atoms with Crippen molar-refractivity contribution in [2.24, 2.45) is 4.99 Å². The third-order valence-electron chi connectivity index (χ3n) is 7.93. The zero-order chi connectivity index (χ0) is 25.9. The molecule has 2 saturated heterocycles. The van der Waals surface area contributed by atoms with E-state index in [1.807, 2.05) is 23.2 Å². The number of piperazine rings is 1. The molecule has 0 saturated carbocycles. The van der Waals surface area contributed by atoms with Crippen LogP contribution in [0.5, 0.6) is 0 Å². The number of piperidine rings is 1. The summed E-state index contributed by atoms with van der Waals surface area (Å²) >= 11 is 6.00. The van der Waals surface area contributed by atoms with Gasteiger partial charge in [0.15, 0.2) is 0 Å². The molecule has 3 aliphatic rings. The maximum Gasteiger partial charge on any atom is 0.253 e.